The smallest absolute Gasteiger partial charge is 0.0952 e. The average molecular weight is 188 g/mol. The van der Waals surface area contributed by atoms with Crippen molar-refractivity contribution in [3.05, 3.63) is 23.8 Å². The molecule has 1 rings (SSSR count). The molecule has 0 fully saturated rings. The lowest BCUT2D eigenvalue weighted by Crippen LogP contribution is -2.28. The van der Waals surface area contributed by atoms with Gasteiger partial charge in [0.2, 0.25) is 0 Å². The van der Waals surface area contributed by atoms with E-state index in [1.807, 2.05) is 12.2 Å². The Morgan fingerprint density at radius 1 is 1.55 bits per heavy atom. The van der Waals surface area contributed by atoms with Crippen molar-refractivity contribution < 1.29 is 5.11 Å². The molecule has 1 N–H and O–H groups in total. The van der Waals surface area contributed by atoms with Gasteiger partial charge >= 0.3 is 0 Å². The summed E-state index contributed by atoms with van der Waals surface area (Å²) in [4.78, 5) is 0. The fraction of sp³-hybridized carbons (Fsp3) is 0.500. The highest BCUT2D eigenvalue weighted by Crippen LogP contribution is 2.22. The number of hydrogen-bond donors (Lipinski definition) is 3. The lowest BCUT2D eigenvalue weighted by Gasteiger charge is -2.23. The van der Waals surface area contributed by atoms with Crippen molar-refractivity contribution in [3.63, 3.8) is 0 Å². The van der Waals surface area contributed by atoms with Crippen LogP contribution in [0.3, 0.4) is 0 Å². The van der Waals surface area contributed by atoms with Gasteiger partial charge < -0.3 is 5.11 Å². The van der Waals surface area contributed by atoms with Crippen LogP contribution in [0.4, 0.5) is 0 Å². The molecule has 0 aliphatic heterocycles. The van der Waals surface area contributed by atoms with E-state index in [1.165, 1.54) is 5.57 Å². The Labute approximate surface area is 78.0 Å². The maximum atomic E-state index is 9.66. The highest BCUT2D eigenvalue weighted by atomic mass is 32.1. The fourth-order valence-electron chi connectivity index (χ4n) is 0.941. The Bertz CT molecular complexity index is 198. The first-order valence-electron chi connectivity index (χ1n) is 3.52. The number of allylic oxidation sites excluding steroid dienone is 1. The molecule has 1 aliphatic carbocycles. The van der Waals surface area contributed by atoms with E-state index in [-0.39, 0.29) is 0 Å². The summed E-state index contributed by atoms with van der Waals surface area (Å²) in [5.41, 5.74) is 0.440. The molecule has 62 valence electrons. The van der Waals surface area contributed by atoms with Crippen molar-refractivity contribution in [1.82, 2.24) is 0 Å². The number of thiol groups is 2. The van der Waals surface area contributed by atoms with E-state index < -0.39 is 5.60 Å². The zero-order chi connectivity index (χ0) is 8.32. The van der Waals surface area contributed by atoms with Crippen molar-refractivity contribution >= 4 is 25.3 Å². The normalized spacial score (nSPS) is 30.3. The summed E-state index contributed by atoms with van der Waals surface area (Å²) in [6.07, 6.45) is 6.37. The van der Waals surface area contributed by atoms with Gasteiger partial charge in [-0.1, -0.05) is 18.2 Å². The van der Waals surface area contributed by atoms with Crippen molar-refractivity contribution in [2.75, 3.05) is 11.5 Å². The predicted molar refractivity (Wildman–Crippen MR) is 54.5 cm³/mol. The standard InChI is InChI=1S/C8H12OS2/c9-8(6-11)3-1-7(5-10)2-4-8/h1-3,9-11H,4-6H2. The number of rotatable bonds is 2. The van der Waals surface area contributed by atoms with Crippen molar-refractivity contribution in [3.8, 4) is 0 Å². The van der Waals surface area contributed by atoms with E-state index in [1.54, 1.807) is 6.08 Å². The van der Waals surface area contributed by atoms with Gasteiger partial charge in [0.15, 0.2) is 0 Å². The second kappa shape index (κ2) is 3.70. The van der Waals surface area contributed by atoms with Crippen molar-refractivity contribution in [2.24, 2.45) is 0 Å². The van der Waals surface area contributed by atoms with Crippen LogP contribution in [0.15, 0.2) is 23.8 Å². The van der Waals surface area contributed by atoms with E-state index in [0.717, 1.165) is 5.75 Å². The molecule has 0 aromatic rings. The van der Waals surface area contributed by atoms with E-state index >= 15 is 0 Å². The van der Waals surface area contributed by atoms with Crippen molar-refractivity contribution in [2.45, 2.75) is 12.0 Å². The van der Waals surface area contributed by atoms with Crippen LogP contribution in [0.25, 0.3) is 0 Å². The van der Waals surface area contributed by atoms with Crippen LogP contribution in [-0.4, -0.2) is 22.2 Å². The van der Waals surface area contributed by atoms with Crippen LogP contribution in [0.1, 0.15) is 6.42 Å². The molecule has 0 saturated heterocycles. The van der Waals surface area contributed by atoms with Crippen LogP contribution >= 0.6 is 25.3 Å². The summed E-state index contributed by atoms with van der Waals surface area (Å²) in [6, 6.07) is 0. The molecule has 0 aromatic heterocycles. The minimum Gasteiger partial charge on any atom is -0.385 e. The van der Waals surface area contributed by atoms with Crippen molar-refractivity contribution in [1.29, 1.82) is 0 Å². The van der Waals surface area contributed by atoms with E-state index in [9.17, 15) is 5.11 Å². The molecule has 1 nitrogen and oxygen atoms in total. The number of aliphatic hydroxyl groups is 1. The van der Waals surface area contributed by atoms with E-state index in [0.29, 0.717) is 12.2 Å². The van der Waals surface area contributed by atoms with Gasteiger partial charge in [-0.2, -0.15) is 25.3 Å². The molecule has 1 aliphatic rings. The second-order valence-electron chi connectivity index (χ2n) is 2.74. The lowest BCUT2D eigenvalue weighted by atomic mass is 9.94. The second-order valence-corrected chi connectivity index (χ2v) is 3.37. The predicted octanol–water partition coefficient (Wildman–Crippen LogP) is 1.46. The molecule has 0 heterocycles. The summed E-state index contributed by atoms with van der Waals surface area (Å²) in [6.45, 7) is 0. The van der Waals surface area contributed by atoms with Crippen LogP contribution in [-0.2, 0) is 0 Å². The molecule has 0 spiro atoms. The van der Waals surface area contributed by atoms with Gasteiger partial charge in [-0.05, 0) is 12.0 Å². The Kier molecular flexibility index (Phi) is 3.10. The molecule has 0 radical (unpaired) electrons. The van der Waals surface area contributed by atoms with Gasteiger partial charge in [-0.25, -0.2) is 0 Å². The maximum absolute atomic E-state index is 9.66. The summed E-state index contributed by atoms with van der Waals surface area (Å²) >= 11 is 8.19. The maximum Gasteiger partial charge on any atom is 0.0952 e. The SMILES string of the molecule is OC1(CS)C=CC(CS)=CC1. The third kappa shape index (κ3) is 2.29. The summed E-state index contributed by atoms with van der Waals surface area (Å²) < 4.78 is 0. The average Bonchev–Trinajstić information content (AvgIpc) is 2.06. The first-order valence-corrected chi connectivity index (χ1v) is 4.79. The van der Waals surface area contributed by atoms with Crippen LogP contribution in [0.2, 0.25) is 0 Å². The molecular weight excluding hydrogens is 176 g/mol. The highest BCUT2D eigenvalue weighted by Gasteiger charge is 2.22. The van der Waals surface area contributed by atoms with Gasteiger partial charge in [0.05, 0.1) is 5.60 Å². The topological polar surface area (TPSA) is 20.2 Å². The van der Waals surface area contributed by atoms with Crippen LogP contribution in [0, 0.1) is 0 Å². The molecule has 3 heteroatoms. The zero-order valence-electron chi connectivity index (χ0n) is 6.20. The van der Waals surface area contributed by atoms with Gasteiger partial charge in [0.1, 0.15) is 0 Å². The Balaban J connectivity index is 2.63. The van der Waals surface area contributed by atoms with Gasteiger partial charge in [0.25, 0.3) is 0 Å². The molecule has 1 atom stereocenters. The highest BCUT2D eigenvalue weighted by molar-refractivity contribution is 7.80. The quantitative estimate of drug-likeness (QED) is 0.560. The third-order valence-corrected chi connectivity index (χ3v) is 2.69. The largest absolute Gasteiger partial charge is 0.385 e. The van der Waals surface area contributed by atoms with Gasteiger partial charge in [0, 0.05) is 11.5 Å². The summed E-state index contributed by atoms with van der Waals surface area (Å²) in [5.74, 6) is 1.21. The first-order chi connectivity index (χ1) is 5.20. The summed E-state index contributed by atoms with van der Waals surface area (Å²) in [7, 11) is 0. The van der Waals surface area contributed by atoms with Crippen LogP contribution in [0.5, 0.6) is 0 Å². The van der Waals surface area contributed by atoms with E-state index in [2.05, 4.69) is 25.3 Å². The summed E-state index contributed by atoms with van der Waals surface area (Å²) in [5, 5.41) is 9.66. The monoisotopic (exact) mass is 188 g/mol. The van der Waals surface area contributed by atoms with Gasteiger partial charge in [-0.3, -0.25) is 0 Å². The molecule has 0 bridgehead atoms. The van der Waals surface area contributed by atoms with Crippen LogP contribution < -0.4 is 0 Å². The molecule has 0 saturated carbocycles. The third-order valence-electron chi connectivity index (χ3n) is 1.78. The first kappa shape index (κ1) is 9.23. The molecule has 0 aromatic carbocycles. The number of hydrogen-bond acceptors (Lipinski definition) is 3. The minimum atomic E-state index is -0.727. The minimum absolute atomic E-state index is 0.472. The zero-order valence-corrected chi connectivity index (χ0v) is 7.98. The fourth-order valence-corrected chi connectivity index (χ4v) is 1.41. The Morgan fingerprint density at radius 2 is 2.27 bits per heavy atom. The van der Waals surface area contributed by atoms with E-state index in [4.69, 9.17) is 0 Å². The Morgan fingerprint density at radius 3 is 2.64 bits per heavy atom. The molecule has 11 heavy (non-hydrogen) atoms. The molecule has 0 amide bonds. The van der Waals surface area contributed by atoms with Gasteiger partial charge in [-0.15, -0.1) is 0 Å². The molecule has 1 unspecified atom stereocenters. The lowest BCUT2D eigenvalue weighted by molar-refractivity contribution is 0.119. The molecular formula is C8H12OS2. The Hall–Kier alpha value is 0.140.